The molecule has 1 aliphatic rings. The molecule has 0 aliphatic heterocycles. The Hall–Kier alpha value is -2.97. The van der Waals surface area contributed by atoms with E-state index >= 15 is 0 Å². The number of rotatable bonds is 9. The maximum Gasteiger partial charge on any atom is 0.311 e. The zero-order valence-corrected chi connectivity index (χ0v) is 17.8. The highest BCUT2D eigenvalue weighted by atomic mass is 16.5. The van der Waals surface area contributed by atoms with Crippen LogP contribution in [0.1, 0.15) is 38.1 Å². The first-order valence-corrected chi connectivity index (χ1v) is 10.1. The van der Waals surface area contributed by atoms with E-state index in [2.05, 4.69) is 15.3 Å². The summed E-state index contributed by atoms with van der Waals surface area (Å²) in [6.45, 7) is 6.51. The highest BCUT2D eigenvalue weighted by molar-refractivity contribution is 5.75. The molecule has 1 saturated carbocycles. The van der Waals surface area contributed by atoms with Crippen molar-refractivity contribution in [3.8, 4) is 17.1 Å². The number of carboxylic acids is 1. The lowest BCUT2D eigenvalue weighted by atomic mass is 9.74. The van der Waals surface area contributed by atoms with Gasteiger partial charge in [-0.25, -0.2) is 4.98 Å². The lowest BCUT2D eigenvalue weighted by molar-refractivity contribution is -0.148. The minimum Gasteiger partial charge on any atom is -0.491 e. The third-order valence-electron chi connectivity index (χ3n) is 5.30. The molecule has 1 aliphatic carbocycles. The molecule has 1 N–H and O–H groups in total. The zero-order chi connectivity index (χ0) is 21.8. The minimum absolute atomic E-state index is 0.0324. The highest BCUT2D eigenvalue weighted by Crippen LogP contribution is 2.35. The van der Waals surface area contributed by atoms with Crippen LogP contribution in [0.3, 0.4) is 0 Å². The smallest absolute Gasteiger partial charge is 0.311 e. The molecule has 9 nitrogen and oxygen atoms in total. The standard InChI is InChI=1S/C21H28N4O5/c1-12(2)10-30-19(26)9-17-20(23-24-25(17)4)16-7-8-18(13(3)22-16)29-11-14-5-6-15(14)21(27)28/h7-8,12,14-15H,5-6,9-11H2,1-4H3,(H,27,28)/t14-,15+/m0/s1. The van der Waals surface area contributed by atoms with Crippen LogP contribution >= 0.6 is 0 Å². The molecule has 0 saturated heterocycles. The summed E-state index contributed by atoms with van der Waals surface area (Å²) in [5.74, 6) is -0.514. The van der Waals surface area contributed by atoms with Gasteiger partial charge >= 0.3 is 11.9 Å². The number of nitrogens with zero attached hydrogens (tertiary/aromatic N) is 4. The van der Waals surface area contributed by atoms with Gasteiger partial charge in [0.25, 0.3) is 0 Å². The summed E-state index contributed by atoms with van der Waals surface area (Å²) < 4.78 is 12.6. The van der Waals surface area contributed by atoms with Crippen molar-refractivity contribution in [1.82, 2.24) is 20.0 Å². The second kappa shape index (κ2) is 9.23. The molecule has 3 rings (SSSR count). The van der Waals surface area contributed by atoms with Gasteiger partial charge in [-0.2, -0.15) is 0 Å². The Kier molecular flexibility index (Phi) is 6.69. The van der Waals surface area contributed by atoms with Gasteiger partial charge in [-0.1, -0.05) is 19.1 Å². The summed E-state index contributed by atoms with van der Waals surface area (Å²) in [7, 11) is 1.73. The van der Waals surface area contributed by atoms with E-state index in [9.17, 15) is 9.59 Å². The third-order valence-corrected chi connectivity index (χ3v) is 5.30. The van der Waals surface area contributed by atoms with Gasteiger partial charge in [-0.15, -0.1) is 5.10 Å². The number of aryl methyl sites for hydroxylation is 2. The van der Waals surface area contributed by atoms with Crippen molar-refractivity contribution in [2.45, 2.75) is 40.0 Å². The summed E-state index contributed by atoms with van der Waals surface area (Å²) in [6, 6.07) is 3.56. The van der Waals surface area contributed by atoms with Gasteiger partial charge in [0, 0.05) is 13.0 Å². The molecule has 0 radical (unpaired) electrons. The van der Waals surface area contributed by atoms with Crippen LogP contribution in [0.5, 0.6) is 5.75 Å². The van der Waals surface area contributed by atoms with Gasteiger partial charge in [-0.3, -0.25) is 14.3 Å². The van der Waals surface area contributed by atoms with Gasteiger partial charge in [0.2, 0.25) is 0 Å². The normalized spacial score (nSPS) is 18.2. The summed E-state index contributed by atoms with van der Waals surface area (Å²) >= 11 is 0. The molecular formula is C21H28N4O5. The van der Waals surface area contributed by atoms with E-state index in [0.717, 1.165) is 6.42 Å². The molecule has 0 bridgehead atoms. The Morgan fingerprint density at radius 3 is 2.67 bits per heavy atom. The monoisotopic (exact) mass is 416 g/mol. The lowest BCUT2D eigenvalue weighted by Gasteiger charge is -2.33. The van der Waals surface area contributed by atoms with E-state index in [0.29, 0.717) is 48.2 Å². The number of aromatic nitrogens is 4. The SMILES string of the molecule is Cc1nc(-c2nnn(C)c2CC(=O)OCC(C)C)ccc1OC[C@@H]1CC[C@H]1C(=O)O. The van der Waals surface area contributed by atoms with Crippen LogP contribution in [-0.2, 0) is 27.8 Å². The number of ether oxygens (including phenoxy) is 2. The van der Waals surface area contributed by atoms with Crippen molar-refractivity contribution in [1.29, 1.82) is 0 Å². The van der Waals surface area contributed by atoms with E-state index in [-0.39, 0.29) is 30.1 Å². The van der Waals surface area contributed by atoms with Gasteiger partial charge in [0.05, 0.1) is 42.6 Å². The number of hydrogen-bond acceptors (Lipinski definition) is 7. The van der Waals surface area contributed by atoms with E-state index in [1.165, 1.54) is 0 Å². The van der Waals surface area contributed by atoms with Crippen molar-refractivity contribution in [3.05, 3.63) is 23.5 Å². The lowest BCUT2D eigenvalue weighted by Crippen LogP contribution is -2.36. The molecule has 0 amide bonds. The highest BCUT2D eigenvalue weighted by Gasteiger charge is 2.37. The largest absolute Gasteiger partial charge is 0.491 e. The minimum atomic E-state index is -0.762. The Labute approximate surface area is 175 Å². The maximum atomic E-state index is 12.2. The first kappa shape index (κ1) is 21.7. The predicted octanol–water partition coefficient (Wildman–Crippen LogP) is 2.42. The van der Waals surface area contributed by atoms with Crippen LogP contribution in [-0.4, -0.2) is 50.2 Å². The average Bonchev–Trinajstić information content (AvgIpc) is 3.00. The summed E-state index contributed by atoms with van der Waals surface area (Å²) in [5.41, 5.74) is 2.41. The van der Waals surface area contributed by atoms with Crippen molar-refractivity contribution in [2.24, 2.45) is 24.8 Å². The fourth-order valence-corrected chi connectivity index (χ4v) is 3.34. The van der Waals surface area contributed by atoms with Crippen molar-refractivity contribution < 1.29 is 24.2 Å². The number of aliphatic carboxylic acids is 1. The number of pyridine rings is 1. The molecule has 0 aromatic carbocycles. The van der Waals surface area contributed by atoms with Gasteiger partial charge in [0.1, 0.15) is 11.4 Å². The van der Waals surface area contributed by atoms with Crippen LogP contribution in [0.4, 0.5) is 0 Å². The Morgan fingerprint density at radius 2 is 2.07 bits per heavy atom. The first-order valence-electron chi connectivity index (χ1n) is 10.1. The van der Waals surface area contributed by atoms with E-state index < -0.39 is 5.97 Å². The molecule has 0 unspecified atom stereocenters. The molecule has 0 spiro atoms. The number of carbonyl (C=O) groups excluding carboxylic acids is 1. The third kappa shape index (κ3) is 4.95. The predicted molar refractivity (Wildman–Crippen MR) is 108 cm³/mol. The number of esters is 1. The van der Waals surface area contributed by atoms with E-state index in [1.807, 2.05) is 20.8 Å². The second-order valence-electron chi connectivity index (χ2n) is 8.14. The molecule has 30 heavy (non-hydrogen) atoms. The Balaban J connectivity index is 1.69. The molecule has 1 fully saturated rings. The van der Waals surface area contributed by atoms with Crippen molar-refractivity contribution in [2.75, 3.05) is 13.2 Å². The summed E-state index contributed by atoms with van der Waals surface area (Å²) in [4.78, 5) is 27.9. The topological polar surface area (TPSA) is 116 Å². The Bertz CT molecular complexity index is 924. The second-order valence-corrected chi connectivity index (χ2v) is 8.14. The average molecular weight is 416 g/mol. The van der Waals surface area contributed by atoms with Crippen LogP contribution in [0.2, 0.25) is 0 Å². The molecule has 2 aromatic heterocycles. The Morgan fingerprint density at radius 1 is 1.30 bits per heavy atom. The molecule has 2 aromatic rings. The van der Waals surface area contributed by atoms with Crippen molar-refractivity contribution >= 4 is 11.9 Å². The van der Waals surface area contributed by atoms with Crippen LogP contribution in [0, 0.1) is 24.7 Å². The molecule has 2 atom stereocenters. The van der Waals surface area contributed by atoms with Gasteiger partial charge < -0.3 is 14.6 Å². The van der Waals surface area contributed by atoms with E-state index in [4.69, 9.17) is 14.6 Å². The van der Waals surface area contributed by atoms with Crippen molar-refractivity contribution in [3.63, 3.8) is 0 Å². The summed E-state index contributed by atoms with van der Waals surface area (Å²) in [6.07, 6.45) is 1.62. The van der Waals surface area contributed by atoms with Gasteiger partial charge in [-0.05, 0) is 37.8 Å². The summed E-state index contributed by atoms with van der Waals surface area (Å²) in [5, 5.41) is 17.3. The van der Waals surface area contributed by atoms with E-state index in [1.54, 1.807) is 23.9 Å². The number of hydrogen-bond donors (Lipinski definition) is 1. The fraction of sp³-hybridized carbons (Fsp3) is 0.571. The molecule has 162 valence electrons. The van der Waals surface area contributed by atoms with Crippen LogP contribution in [0.25, 0.3) is 11.4 Å². The molecule has 2 heterocycles. The first-order chi connectivity index (χ1) is 14.3. The van der Waals surface area contributed by atoms with Crippen LogP contribution < -0.4 is 4.74 Å². The molecule has 9 heteroatoms. The maximum absolute atomic E-state index is 12.2. The van der Waals surface area contributed by atoms with Gasteiger partial charge in [0.15, 0.2) is 0 Å². The number of carboxylic acid groups (broad SMARTS) is 1. The molecular weight excluding hydrogens is 388 g/mol. The quantitative estimate of drug-likeness (QED) is 0.620. The van der Waals surface area contributed by atoms with Crippen LogP contribution in [0.15, 0.2) is 12.1 Å². The number of carbonyl (C=O) groups is 2. The fourth-order valence-electron chi connectivity index (χ4n) is 3.34. The zero-order valence-electron chi connectivity index (χ0n) is 17.8.